The first-order valence-electron chi connectivity index (χ1n) is 3.70. The highest BCUT2D eigenvalue weighted by Gasteiger charge is 2.15. The zero-order valence-electron chi connectivity index (χ0n) is 6.38. The van der Waals surface area contributed by atoms with Crippen LogP contribution in [-0.2, 0) is 0 Å². The van der Waals surface area contributed by atoms with E-state index in [-0.39, 0.29) is 6.10 Å². The molecular weight excluding hydrogens is 124 g/mol. The van der Waals surface area contributed by atoms with E-state index in [0.29, 0.717) is 5.92 Å². The molecular formula is C9H14O. The Morgan fingerprint density at radius 3 is 2.80 bits per heavy atom. The van der Waals surface area contributed by atoms with Crippen LogP contribution in [0.1, 0.15) is 19.8 Å². The molecule has 0 saturated heterocycles. The largest absolute Gasteiger partial charge is 0.389 e. The number of allylic oxidation sites excluding steroid dienone is 2. The molecule has 0 heterocycles. The summed E-state index contributed by atoms with van der Waals surface area (Å²) in [6, 6.07) is 0. The van der Waals surface area contributed by atoms with Gasteiger partial charge in [0.2, 0.25) is 0 Å². The lowest BCUT2D eigenvalue weighted by Crippen LogP contribution is -2.15. The van der Waals surface area contributed by atoms with Gasteiger partial charge in [0, 0.05) is 0 Å². The molecule has 1 N–H and O–H groups in total. The molecule has 0 aromatic heterocycles. The first kappa shape index (κ1) is 7.55. The highest BCUT2D eigenvalue weighted by atomic mass is 16.3. The van der Waals surface area contributed by atoms with Gasteiger partial charge in [-0.05, 0) is 25.7 Å². The van der Waals surface area contributed by atoms with E-state index < -0.39 is 0 Å². The molecule has 0 saturated carbocycles. The van der Waals surface area contributed by atoms with E-state index in [0.717, 1.165) is 12.8 Å². The zero-order chi connectivity index (χ0) is 7.56. The summed E-state index contributed by atoms with van der Waals surface area (Å²) in [5.41, 5.74) is 1.18. The summed E-state index contributed by atoms with van der Waals surface area (Å²) in [4.78, 5) is 0. The second-order valence-corrected chi connectivity index (χ2v) is 3.01. The number of rotatable bonds is 1. The number of hydrogen-bond donors (Lipinski definition) is 1. The molecule has 1 nitrogen and oxygen atoms in total. The van der Waals surface area contributed by atoms with Crippen molar-refractivity contribution in [2.75, 3.05) is 0 Å². The Labute approximate surface area is 62.1 Å². The fourth-order valence-corrected chi connectivity index (χ4v) is 1.27. The van der Waals surface area contributed by atoms with Gasteiger partial charge < -0.3 is 5.11 Å². The second kappa shape index (κ2) is 3.02. The molecule has 0 amide bonds. The highest BCUT2D eigenvalue weighted by molar-refractivity contribution is 5.06. The van der Waals surface area contributed by atoms with Gasteiger partial charge in [0.25, 0.3) is 0 Å². The van der Waals surface area contributed by atoms with Gasteiger partial charge in [-0.2, -0.15) is 0 Å². The molecule has 1 aliphatic rings. The normalized spacial score (nSPS) is 32.2. The minimum atomic E-state index is -0.240. The molecule has 10 heavy (non-hydrogen) atoms. The lowest BCUT2D eigenvalue weighted by molar-refractivity contribution is 0.187. The van der Waals surface area contributed by atoms with Crippen LogP contribution in [-0.4, -0.2) is 11.2 Å². The average Bonchev–Trinajstić information content (AvgIpc) is 1.88. The van der Waals surface area contributed by atoms with Crippen molar-refractivity contribution < 1.29 is 5.11 Å². The van der Waals surface area contributed by atoms with E-state index in [1.54, 1.807) is 0 Å². The SMILES string of the molecule is C=C(C)C1CC=CC(O)C1. The Kier molecular flexibility index (Phi) is 2.28. The third-order valence-electron chi connectivity index (χ3n) is 2.00. The molecule has 0 aromatic rings. The Morgan fingerprint density at radius 1 is 1.70 bits per heavy atom. The summed E-state index contributed by atoms with van der Waals surface area (Å²) < 4.78 is 0. The van der Waals surface area contributed by atoms with E-state index in [2.05, 4.69) is 6.58 Å². The topological polar surface area (TPSA) is 20.2 Å². The Bertz CT molecular complexity index is 158. The Balaban J connectivity index is 2.52. The van der Waals surface area contributed by atoms with Crippen LogP contribution in [0.2, 0.25) is 0 Å². The van der Waals surface area contributed by atoms with Gasteiger partial charge in [0.1, 0.15) is 0 Å². The maximum atomic E-state index is 9.20. The molecule has 1 aliphatic carbocycles. The Morgan fingerprint density at radius 2 is 2.40 bits per heavy atom. The van der Waals surface area contributed by atoms with Gasteiger partial charge in [-0.15, -0.1) is 0 Å². The summed E-state index contributed by atoms with van der Waals surface area (Å²) in [5.74, 6) is 0.500. The second-order valence-electron chi connectivity index (χ2n) is 3.01. The van der Waals surface area contributed by atoms with E-state index in [1.807, 2.05) is 19.1 Å². The molecule has 2 atom stereocenters. The van der Waals surface area contributed by atoms with Gasteiger partial charge in [-0.3, -0.25) is 0 Å². The molecule has 2 unspecified atom stereocenters. The van der Waals surface area contributed by atoms with Gasteiger partial charge in [-0.1, -0.05) is 24.3 Å². The molecule has 0 spiro atoms. The smallest absolute Gasteiger partial charge is 0.0726 e. The van der Waals surface area contributed by atoms with E-state index in [1.165, 1.54) is 5.57 Å². The Hall–Kier alpha value is -0.560. The third-order valence-corrected chi connectivity index (χ3v) is 2.00. The zero-order valence-corrected chi connectivity index (χ0v) is 6.38. The fraction of sp³-hybridized carbons (Fsp3) is 0.556. The lowest BCUT2D eigenvalue weighted by Gasteiger charge is -2.21. The summed E-state index contributed by atoms with van der Waals surface area (Å²) in [7, 11) is 0. The highest BCUT2D eigenvalue weighted by Crippen LogP contribution is 2.24. The number of aliphatic hydroxyl groups excluding tert-OH is 1. The van der Waals surface area contributed by atoms with Crippen molar-refractivity contribution in [3.05, 3.63) is 24.3 Å². The van der Waals surface area contributed by atoms with Crippen LogP contribution in [0.4, 0.5) is 0 Å². The fourth-order valence-electron chi connectivity index (χ4n) is 1.27. The van der Waals surface area contributed by atoms with Gasteiger partial charge in [0.15, 0.2) is 0 Å². The van der Waals surface area contributed by atoms with Crippen molar-refractivity contribution in [1.82, 2.24) is 0 Å². The monoisotopic (exact) mass is 138 g/mol. The first-order valence-corrected chi connectivity index (χ1v) is 3.70. The van der Waals surface area contributed by atoms with Gasteiger partial charge in [0.05, 0.1) is 6.10 Å². The minimum absolute atomic E-state index is 0.240. The van der Waals surface area contributed by atoms with E-state index in [9.17, 15) is 5.11 Å². The molecule has 56 valence electrons. The number of hydrogen-bond acceptors (Lipinski definition) is 1. The summed E-state index contributed by atoms with van der Waals surface area (Å²) >= 11 is 0. The molecule has 0 aromatic carbocycles. The van der Waals surface area contributed by atoms with E-state index >= 15 is 0 Å². The van der Waals surface area contributed by atoms with Gasteiger partial charge >= 0.3 is 0 Å². The molecule has 0 radical (unpaired) electrons. The van der Waals surface area contributed by atoms with Gasteiger partial charge in [-0.25, -0.2) is 0 Å². The van der Waals surface area contributed by atoms with Crippen LogP contribution in [0.25, 0.3) is 0 Å². The maximum Gasteiger partial charge on any atom is 0.0726 e. The van der Waals surface area contributed by atoms with E-state index in [4.69, 9.17) is 0 Å². The van der Waals surface area contributed by atoms with Crippen LogP contribution >= 0.6 is 0 Å². The average molecular weight is 138 g/mol. The summed E-state index contributed by atoms with van der Waals surface area (Å²) in [6.45, 7) is 5.89. The lowest BCUT2D eigenvalue weighted by atomic mass is 9.88. The van der Waals surface area contributed by atoms with Crippen LogP contribution in [0.3, 0.4) is 0 Å². The van der Waals surface area contributed by atoms with Crippen molar-refractivity contribution in [3.8, 4) is 0 Å². The molecule has 1 rings (SSSR count). The first-order chi connectivity index (χ1) is 4.70. The summed E-state index contributed by atoms with van der Waals surface area (Å²) in [5, 5.41) is 9.20. The third kappa shape index (κ3) is 1.71. The van der Waals surface area contributed by atoms with Crippen LogP contribution in [0.15, 0.2) is 24.3 Å². The number of aliphatic hydroxyl groups is 1. The van der Waals surface area contributed by atoms with Crippen LogP contribution < -0.4 is 0 Å². The quantitative estimate of drug-likeness (QED) is 0.548. The van der Waals surface area contributed by atoms with Crippen molar-refractivity contribution in [2.45, 2.75) is 25.9 Å². The van der Waals surface area contributed by atoms with Crippen molar-refractivity contribution in [3.63, 3.8) is 0 Å². The maximum absolute atomic E-state index is 9.20. The van der Waals surface area contributed by atoms with Crippen LogP contribution in [0.5, 0.6) is 0 Å². The molecule has 0 bridgehead atoms. The predicted octanol–water partition coefficient (Wildman–Crippen LogP) is 1.89. The van der Waals surface area contributed by atoms with Crippen molar-refractivity contribution in [2.24, 2.45) is 5.92 Å². The predicted molar refractivity (Wildman–Crippen MR) is 42.7 cm³/mol. The van der Waals surface area contributed by atoms with Crippen molar-refractivity contribution >= 4 is 0 Å². The standard InChI is InChI=1S/C9H14O/c1-7(2)8-4-3-5-9(10)6-8/h3,5,8-10H,1,4,6H2,2H3. The van der Waals surface area contributed by atoms with Crippen LogP contribution in [0, 0.1) is 5.92 Å². The molecule has 0 aliphatic heterocycles. The van der Waals surface area contributed by atoms with Crippen molar-refractivity contribution in [1.29, 1.82) is 0 Å². The summed E-state index contributed by atoms with van der Waals surface area (Å²) in [6.07, 6.45) is 5.56. The molecule has 0 fully saturated rings. The minimum Gasteiger partial charge on any atom is -0.389 e. The molecule has 1 heteroatoms.